The van der Waals surface area contributed by atoms with Crippen LogP contribution in [-0.2, 0) is 32.7 Å². The van der Waals surface area contributed by atoms with Crippen LogP contribution < -0.4 is 0 Å². The second-order valence-corrected chi connectivity index (χ2v) is 6.50. The minimum absolute atomic E-state index is 0. The molecule has 0 unspecified atom stereocenters. The first-order valence-corrected chi connectivity index (χ1v) is 8.80. The van der Waals surface area contributed by atoms with E-state index in [9.17, 15) is 22.0 Å². The van der Waals surface area contributed by atoms with Gasteiger partial charge in [0.2, 0.25) is 0 Å². The number of hydrogen-bond acceptors (Lipinski definition) is 4. The fourth-order valence-corrected chi connectivity index (χ4v) is 2.76. The second-order valence-electron chi connectivity index (χ2n) is 6.50. The van der Waals surface area contributed by atoms with E-state index in [0.717, 1.165) is 12.1 Å². The van der Waals surface area contributed by atoms with Gasteiger partial charge in [0.1, 0.15) is 11.9 Å². The molecule has 4 aromatic rings. The van der Waals surface area contributed by atoms with Crippen LogP contribution in [0.5, 0.6) is 0 Å². The van der Waals surface area contributed by atoms with Gasteiger partial charge >= 0.3 is 27.2 Å². The van der Waals surface area contributed by atoms with Crippen molar-refractivity contribution < 1.29 is 51.2 Å². The molecule has 0 aliphatic heterocycles. The summed E-state index contributed by atoms with van der Waals surface area (Å²) < 4.78 is 117. The van der Waals surface area contributed by atoms with Crippen molar-refractivity contribution in [3.05, 3.63) is 89.8 Å². The molecule has 0 fully saturated rings. The smallest absolute Gasteiger partial charge is 0.343 e. The van der Waals surface area contributed by atoms with Gasteiger partial charge in [0.25, 0.3) is 0 Å². The van der Waals surface area contributed by atoms with Crippen LogP contribution in [0.15, 0.2) is 48.5 Å². The first-order valence-electron chi connectivity index (χ1n) is 11.8. The maximum atomic E-state index is 14.3. The van der Waals surface area contributed by atoms with Gasteiger partial charge in [0, 0.05) is 25.0 Å². The summed E-state index contributed by atoms with van der Waals surface area (Å²) in [4.78, 5) is 11.2. The molecular formula is C22H14F5N5Pt. The Bertz CT molecular complexity index is 1480. The van der Waals surface area contributed by atoms with Crippen molar-refractivity contribution in [3.8, 4) is 17.1 Å². The second kappa shape index (κ2) is 9.09. The summed E-state index contributed by atoms with van der Waals surface area (Å²) >= 11 is 0. The Hall–Kier alpha value is -3.00. The van der Waals surface area contributed by atoms with Crippen molar-refractivity contribution in [3.63, 3.8) is 0 Å². The molecule has 4 rings (SSSR count). The fourth-order valence-electron chi connectivity index (χ4n) is 2.76. The van der Waals surface area contributed by atoms with Gasteiger partial charge in [-0.2, -0.15) is 13.2 Å². The predicted octanol–water partition coefficient (Wildman–Crippen LogP) is 4.95. The molecule has 5 nitrogen and oxygen atoms in total. The molecule has 0 aliphatic carbocycles. The van der Waals surface area contributed by atoms with E-state index in [1.807, 2.05) is 0 Å². The Balaban J connectivity index is 0.00000420. The number of nitrogens with zero attached hydrogens (tertiary/aromatic N) is 5. The first kappa shape index (κ1) is 17.5. The minimum Gasteiger partial charge on any atom is -0.343 e. The SMILES string of the molecule is [2H]C([2H])([2H])C(c1cccc(-c2[c-]cc(F)nc2F)n1)(c1cccc(-n2[c-]cc(C(F)(F)F)n2)n1)C([2H])([2H])[2H].[Pt+2]. The summed E-state index contributed by atoms with van der Waals surface area (Å²) in [5, 5.41) is 3.34. The zero-order valence-electron chi connectivity index (χ0n) is 22.1. The van der Waals surface area contributed by atoms with Gasteiger partial charge in [0.15, 0.2) is 0 Å². The largest absolute Gasteiger partial charge is 2.00 e. The summed E-state index contributed by atoms with van der Waals surface area (Å²) in [6.45, 7) is -6.74. The molecule has 172 valence electrons. The van der Waals surface area contributed by atoms with Crippen LogP contribution >= 0.6 is 0 Å². The summed E-state index contributed by atoms with van der Waals surface area (Å²) in [5.74, 6) is -2.85. The van der Waals surface area contributed by atoms with Gasteiger partial charge in [-0.15, -0.1) is 12.1 Å². The summed E-state index contributed by atoms with van der Waals surface area (Å²) in [6.07, 6.45) is -2.59. The van der Waals surface area contributed by atoms with Crippen molar-refractivity contribution in [1.29, 1.82) is 0 Å². The van der Waals surface area contributed by atoms with Crippen LogP contribution in [0, 0.1) is 24.2 Å². The van der Waals surface area contributed by atoms with Crippen molar-refractivity contribution in [2.75, 3.05) is 0 Å². The average Bonchev–Trinajstić information content (AvgIpc) is 3.29. The quantitative estimate of drug-likeness (QED) is 0.180. The first-order chi connectivity index (χ1) is 17.6. The molecule has 0 saturated carbocycles. The van der Waals surface area contributed by atoms with Gasteiger partial charge < -0.3 is 9.67 Å². The van der Waals surface area contributed by atoms with Crippen LogP contribution in [0.2, 0.25) is 0 Å². The maximum Gasteiger partial charge on any atom is 2.00 e. The zero-order valence-corrected chi connectivity index (χ0v) is 18.3. The zero-order chi connectivity index (χ0) is 28.1. The molecule has 0 atom stereocenters. The van der Waals surface area contributed by atoms with Crippen LogP contribution in [0.25, 0.3) is 17.1 Å². The molecule has 11 heteroatoms. The third-order valence-corrected chi connectivity index (χ3v) is 4.29. The predicted molar refractivity (Wildman–Crippen MR) is 104 cm³/mol. The van der Waals surface area contributed by atoms with E-state index in [-0.39, 0.29) is 32.6 Å². The van der Waals surface area contributed by atoms with E-state index in [1.165, 1.54) is 24.3 Å². The molecule has 33 heavy (non-hydrogen) atoms. The Kier molecular flexibility index (Phi) is 4.81. The molecule has 0 aromatic carbocycles. The molecule has 0 radical (unpaired) electrons. The van der Waals surface area contributed by atoms with E-state index in [4.69, 9.17) is 8.22 Å². The molecule has 0 N–H and O–H groups in total. The molecule has 0 bridgehead atoms. The molecular weight excluding hydrogens is 624 g/mol. The fraction of sp³-hybridized carbons (Fsp3) is 0.182. The number of alkyl halides is 3. The van der Waals surface area contributed by atoms with Gasteiger partial charge in [-0.1, -0.05) is 42.1 Å². The molecule has 0 amide bonds. The summed E-state index contributed by atoms with van der Waals surface area (Å²) in [6, 6.07) is 10.5. The Labute approximate surface area is 208 Å². The Morgan fingerprint density at radius 1 is 0.909 bits per heavy atom. The van der Waals surface area contributed by atoms with Crippen molar-refractivity contribution in [2.45, 2.75) is 25.3 Å². The topological polar surface area (TPSA) is 56.5 Å². The molecule has 4 heterocycles. The van der Waals surface area contributed by atoms with Crippen LogP contribution in [-0.4, -0.2) is 24.7 Å². The van der Waals surface area contributed by atoms with Gasteiger partial charge in [-0.3, -0.25) is 15.1 Å². The van der Waals surface area contributed by atoms with Crippen LogP contribution in [0.3, 0.4) is 0 Å². The number of rotatable bonds is 4. The van der Waals surface area contributed by atoms with E-state index in [0.29, 0.717) is 16.8 Å². The number of pyridine rings is 3. The minimum atomic E-state index is -4.80. The van der Waals surface area contributed by atoms with E-state index >= 15 is 0 Å². The Morgan fingerprint density at radius 3 is 2.24 bits per heavy atom. The van der Waals surface area contributed by atoms with E-state index in [1.54, 1.807) is 0 Å². The Morgan fingerprint density at radius 2 is 1.61 bits per heavy atom. The monoisotopic (exact) mass is 644 g/mol. The van der Waals surface area contributed by atoms with Crippen molar-refractivity contribution in [2.24, 2.45) is 0 Å². The number of halogens is 5. The number of aromatic nitrogens is 5. The van der Waals surface area contributed by atoms with E-state index in [2.05, 4.69) is 32.3 Å². The van der Waals surface area contributed by atoms with Gasteiger partial charge in [-0.05, 0) is 31.5 Å². The average molecular weight is 644 g/mol. The van der Waals surface area contributed by atoms with Crippen LogP contribution in [0.4, 0.5) is 22.0 Å². The maximum absolute atomic E-state index is 14.3. The normalized spacial score (nSPS) is 15.3. The van der Waals surface area contributed by atoms with Crippen molar-refractivity contribution >= 4 is 0 Å². The standard InChI is InChI=1S/C22H14F5N5.Pt/c1-21(2,15-6-3-5-14(28-15)13-9-10-18(23)30-20(13)24)16-7-4-8-19(29-16)32-12-11-17(31-32)22(25,26)27;/h3-8,10-11H,1-2H3;/q-2;+2/i1D3,2D3;. The van der Waals surface area contributed by atoms with Gasteiger partial charge in [-0.25, -0.2) is 8.78 Å². The van der Waals surface area contributed by atoms with Gasteiger partial charge in [0.05, 0.1) is 11.5 Å². The third kappa shape index (κ3) is 5.00. The molecule has 0 saturated heterocycles. The van der Waals surface area contributed by atoms with Crippen molar-refractivity contribution in [1.82, 2.24) is 24.7 Å². The third-order valence-electron chi connectivity index (χ3n) is 4.29. The van der Waals surface area contributed by atoms with E-state index < -0.39 is 59.8 Å². The number of hydrogen-bond donors (Lipinski definition) is 0. The summed E-state index contributed by atoms with van der Waals surface area (Å²) in [5.41, 5.74) is -6.18. The molecule has 0 spiro atoms. The molecule has 4 aromatic heterocycles. The van der Waals surface area contributed by atoms with Crippen LogP contribution in [0.1, 0.15) is 39.0 Å². The summed E-state index contributed by atoms with van der Waals surface area (Å²) in [7, 11) is 0. The molecule has 0 aliphatic rings.